The van der Waals surface area contributed by atoms with Crippen LogP contribution in [0.25, 0.3) is 0 Å². The van der Waals surface area contributed by atoms with E-state index >= 15 is 0 Å². The number of halogens is 2. The van der Waals surface area contributed by atoms with Crippen LogP contribution >= 0.6 is 0 Å². The standard InChI is InChI=1S/C15H17F2N3O/c1-11(4-5-18)19-6-8-20(9-7-19)15(21)13-3-2-12(16)10-14(13)17/h2-3,10-11H,4,6-9H2,1H3/t11-/m0/s1. The van der Waals surface area contributed by atoms with Crippen molar-refractivity contribution >= 4 is 5.91 Å². The molecule has 1 aliphatic heterocycles. The molecular formula is C15H17F2N3O. The van der Waals surface area contributed by atoms with Crippen LogP contribution in [0.1, 0.15) is 23.7 Å². The monoisotopic (exact) mass is 293 g/mol. The van der Waals surface area contributed by atoms with Crippen molar-refractivity contribution < 1.29 is 13.6 Å². The molecule has 0 aliphatic carbocycles. The second-order valence-corrected chi connectivity index (χ2v) is 5.16. The molecule has 1 saturated heterocycles. The molecule has 1 atom stereocenters. The van der Waals surface area contributed by atoms with Crippen molar-refractivity contribution in [1.29, 1.82) is 5.26 Å². The maximum Gasteiger partial charge on any atom is 0.256 e. The number of rotatable bonds is 3. The molecule has 1 heterocycles. The Morgan fingerprint density at radius 3 is 2.57 bits per heavy atom. The zero-order chi connectivity index (χ0) is 15.4. The molecule has 0 saturated carbocycles. The van der Waals surface area contributed by atoms with E-state index in [1.807, 2.05) is 6.92 Å². The summed E-state index contributed by atoms with van der Waals surface area (Å²) in [5.74, 6) is -1.94. The van der Waals surface area contributed by atoms with E-state index in [0.29, 0.717) is 32.6 Å². The van der Waals surface area contributed by atoms with Gasteiger partial charge in [0.05, 0.1) is 18.1 Å². The molecule has 1 amide bonds. The van der Waals surface area contributed by atoms with Crippen molar-refractivity contribution in [3.8, 4) is 6.07 Å². The minimum absolute atomic E-state index is 0.102. The van der Waals surface area contributed by atoms with Gasteiger partial charge in [0.15, 0.2) is 0 Å². The summed E-state index contributed by atoms with van der Waals surface area (Å²) >= 11 is 0. The average molecular weight is 293 g/mol. The van der Waals surface area contributed by atoms with Gasteiger partial charge in [0.25, 0.3) is 5.91 Å². The third kappa shape index (κ3) is 3.56. The minimum atomic E-state index is -0.833. The Labute approximate surface area is 122 Å². The molecule has 1 fully saturated rings. The zero-order valence-electron chi connectivity index (χ0n) is 11.9. The maximum atomic E-state index is 13.6. The molecule has 0 spiro atoms. The summed E-state index contributed by atoms with van der Waals surface area (Å²) in [5.41, 5.74) is -0.102. The molecule has 1 aromatic carbocycles. The summed E-state index contributed by atoms with van der Waals surface area (Å²) in [6, 6.07) is 5.26. The number of nitriles is 1. The fourth-order valence-electron chi connectivity index (χ4n) is 2.46. The molecule has 112 valence electrons. The third-order valence-electron chi connectivity index (χ3n) is 3.77. The minimum Gasteiger partial charge on any atom is -0.336 e. The summed E-state index contributed by atoms with van der Waals surface area (Å²) in [4.78, 5) is 15.9. The molecule has 0 aromatic heterocycles. The molecule has 0 N–H and O–H groups in total. The van der Waals surface area contributed by atoms with E-state index in [-0.39, 0.29) is 11.6 Å². The lowest BCUT2D eigenvalue weighted by Crippen LogP contribution is -2.51. The van der Waals surface area contributed by atoms with E-state index < -0.39 is 17.5 Å². The van der Waals surface area contributed by atoms with Crippen LogP contribution in [0.2, 0.25) is 0 Å². The SMILES string of the molecule is C[C@@H](CC#N)N1CCN(C(=O)c2ccc(F)cc2F)CC1. The predicted molar refractivity (Wildman–Crippen MR) is 73.5 cm³/mol. The van der Waals surface area contributed by atoms with E-state index in [4.69, 9.17) is 5.26 Å². The maximum absolute atomic E-state index is 13.6. The summed E-state index contributed by atoms with van der Waals surface area (Å²) in [6.07, 6.45) is 0.445. The fraction of sp³-hybridized carbons (Fsp3) is 0.467. The topological polar surface area (TPSA) is 47.3 Å². The highest BCUT2D eigenvalue weighted by Gasteiger charge is 2.26. The number of benzene rings is 1. The number of amides is 1. The first-order valence-electron chi connectivity index (χ1n) is 6.88. The van der Waals surface area contributed by atoms with Gasteiger partial charge in [0.2, 0.25) is 0 Å². The molecule has 0 unspecified atom stereocenters. The van der Waals surface area contributed by atoms with Gasteiger partial charge >= 0.3 is 0 Å². The van der Waals surface area contributed by atoms with Crippen LogP contribution in [0.4, 0.5) is 8.78 Å². The molecule has 6 heteroatoms. The van der Waals surface area contributed by atoms with Crippen LogP contribution in [0, 0.1) is 23.0 Å². The number of carbonyl (C=O) groups excluding carboxylic acids is 1. The molecule has 2 rings (SSSR count). The van der Waals surface area contributed by atoms with E-state index in [1.165, 1.54) is 6.07 Å². The Morgan fingerprint density at radius 1 is 1.33 bits per heavy atom. The molecule has 0 bridgehead atoms. The van der Waals surface area contributed by atoms with E-state index in [0.717, 1.165) is 12.1 Å². The first kappa shape index (κ1) is 15.4. The lowest BCUT2D eigenvalue weighted by atomic mass is 10.1. The Hall–Kier alpha value is -2.00. The van der Waals surface area contributed by atoms with Crippen molar-refractivity contribution in [3.05, 3.63) is 35.4 Å². The fourth-order valence-corrected chi connectivity index (χ4v) is 2.46. The number of hydrogen-bond donors (Lipinski definition) is 0. The first-order chi connectivity index (χ1) is 10.0. The molecule has 1 aromatic rings. The van der Waals surface area contributed by atoms with Crippen LogP contribution in [0.15, 0.2) is 18.2 Å². The number of carbonyl (C=O) groups is 1. The molecular weight excluding hydrogens is 276 g/mol. The van der Waals surface area contributed by atoms with Crippen LogP contribution in [-0.4, -0.2) is 47.9 Å². The van der Waals surface area contributed by atoms with Crippen molar-refractivity contribution in [3.63, 3.8) is 0 Å². The zero-order valence-corrected chi connectivity index (χ0v) is 11.9. The largest absolute Gasteiger partial charge is 0.336 e. The Balaban J connectivity index is 1.99. The van der Waals surface area contributed by atoms with E-state index in [2.05, 4.69) is 11.0 Å². The van der Waals surface area contributed by atoms with Crippen molar-refractivity contribution in [2.45, 2.75) is 19.4 Å². The van der Waals surface area contributed by atoms with Gasteiger partial charge in [-0.25, -0.2) is 8.78 Å². The highest BCUT2D eigenvalue weighted by Crippen LogP contribution is 2.15. The summed E-state index contributed by atoms with van der Waals surface area (Å²) in [7, 11) is 0. The smallest absolute Gasteiger partial charge is 0.256 e. The van der Waals surface area contributed by atoms with E-state index in [9.17, 15) is 13.6 Å². The lowest BCUT2D eigenvalue weighted by Gasteiger charge is -2.37. The van der Waals surface area contributed by atoms with Gasteiger partial charge in [-0.15, -0.1) is 0 Å². The Kier molecular flexibility index (Phi) is 4.86. The van der Waals surface area contributed by atoms with Gasteiger partial charge in [0.1, 0.15) is 11.6 Å². The number of hydrogen-bond acceptors (Lipinski definition) is 3. The van der Waals surface area contributed by atoms with Crippen molar-refractivity contribution in [2.75, 3.05) is 26.2 Å². The van der Waals surface area contributed by atoms with E-state index in [1.54, 1.807) is 4.90 Å². The molecule has 21 heavy (non-hydrogen) atoms. The highest BCUT2D eigenvalue weighted by atomic mass is 19.1. The van der Waals surface area contributed by atoms with Crippen molar-refractivity contribution in [2.24, 2.45) is 0 Å². The molecule has 4 nitrogen and oxygen atoms in total. The van der Waals surface area contributed by atoms with Crippen LogP contribution < -0.4 is 0 Å². The number of nitrogens with zero attached hydrogens (tertiary/aromatic N) is 3. The summed E-state index contributed by atoms with van der Waals surface area (Å²) < 4.78 is 26.5. The third-order valence-corrected chi connectivity index (χ3v) is 3.77. The average Bonchev–Trinajstić information content (AvgIpc) is 2.47. The van der Waals surface area contributed by atoms with Gasteiger partial charge in [-0.3, -0.25) is 9.69 Å². The van der Waals surface area contributed by atoms with Crippen LogP contribution in [0.3, 0.4) is 0 Å². The van der Waals surface area contributed by atoms with Crippen LogP contribution in [-0.2, 0) is 0 Å². The van der Waals surface area contributed by atoms with Gasteiger partial charge in [-0.1, -0.05) is 0 Å². The normalized spacial score (nSPS) is 17.3. The highest BCUT2D eigenvalue weighted by molar-refractivity contribution is 5.94. The van der Waals surface area contributed by atoms with Crippen molar-refractivity contribution in [1.82, 2.24) is 9.80 Å². The quantitative estimate of drug-likeness (QED) is 0.856. The molecule has 0 radical (unpaired) electrons. The Bertz CT molecular complexity index is 563. The van der Waals surface area contributed by atoms with Gasteiger partial charge < -0.3 is 4.90 Å². The lowest BCUT2D eigenvalue weighted by molar-refractivity contribution is 0.0581. The van der Waals surface area contributed by atoms with Gasteiger partial charge in [-0.05, 0) is 19.1 Å². The summed E-state index contributed by atoms with van der Waals surface area (Å²) in [6.45, 7) is 4.23. The summed E-state index contributed by atoms with van der Waals surface area (Å²) in [5, 5.41) is 8.70. The predicted octanol–water partition coefficient (Wildman–Crippen LogP) is 2.02. The molecule has 1 aliphatic rings. The Morgan fingerprint density at radius 2 is 2.00 bits per heavy atom. The van der Waals surface area contributed by atoms with Gasteiger partial charge in [0, 0.05) is 38.3 Å². The van der Waals surface area contributed by atoms with Crippen LogP contribution in [0.5, 0.6) is 0 Å². The second-order valence-electron chi connectivity index (χ2n) is 5.16. The first-order valence-corrected chi connectivity index (χ1v) is 6.88. The number of piperazine rings is 1. The van der Waals surface area contributed by atoms with Gasteiger partial charge in [-0.2, -0.15) is 5.26 Å². The second kappa shape index (κ2) is 6.64.